The molecule has 4 nitrogen and oxygen atoms in total. The summed E-state index contributed by atoms with van der Waals surface area (Å²) in [6, 6.07) is 9.01. The predicted octanol–water partition coefficient (Wildman–Crippen LogP) is 2.72. The minimum absolute atomic E-state index is 0.454. The number of rotatable bonds is 6. The van der Waals surface area contributed by atoms with E-state index in [-0.39, 0.29) is 0 Å². The number of nitrogens with one attached hydrogen (secondary N) is 1. The second-order valence-electron chi connectivity index (χ2n) is 5.09. The molecule has 0 aliphatic carbocycles. The van der Waals surface area contributed by atoms with Crippen LogP contribution in [0.3, 0.4) is 0 Å². The van der Waals surface area contributed by atoms with Crippen molar-refractivity contribution >= 4 is 0 Å². The van der Waals surface area contributed by atoms with Gasteiger partial charge in [0.1, 0.15) is 0 Å². The highest BCUT2D eigenvalue weighted by Crippen LogP contribution is 2.12. The summed E-state index contributed by atoms with van der Waals surface area (Å²) >= 11 is 0. The Morgan fingerprint density at radius 2 is 1.95 bits per heavy atom. The lowest BCUT2D eigenvalue weighted by atomic mass is 10.1. The van der Waals surface area contributed by atoms with E-state index in [1.807, 2.05) is 10.9 Å². The summed E-state index contributed by atoms with van der Waals surface area (Å²) in [5.74, 6) is 0. The molecule has 0 saturated heterocycles. The molecule has 0 radical (unpaired) electrons. The van der Waals surface area contributed by atoms with Crippen LogP contribution >= 0.6 is 0 Å². The van der Waals surface area contributed by atoms with Crippen LogP contribution in [0.25, 0.3) is 5.69 Å². The van der Waals surface area contributed by atoms with Gasteiger partial charge in [-0.1, -0.05) is 44.5 Å². The minimum Gasteiger partial charge on any atom is -0.309 e. The second-order valence-corrected chi connectivity index (χ2v) is 5.09. The van der Waals surface area contributed by atoms with Crippen LogP contribution in [0.15, 0.2) is 30.5 Å². The van der Waals surface area contributed by atoms with E-state index in [1.54, 1.807) is 0 Å². The third-order valence-corrected chi connectivity index (χ3v) is 3.03. The monoisotopic (exact) mass is 258 g/mol. The smallest absolute Gasteiger partial charge is 0.0783 e. The summed E-state index contributed by atoms with van der Waals surface area (Å²) in [6.07, 6.45) is 4.11. The fraction of sp³-hybridized carbons (Fsp3) is 0.467. The highest BCUT2D eigenvalue weighted by molar-refractivity contribution is 5.35. The number of aryl methyl sites for hydroxylation is 1. The van der Waals surface area contributed by atoms with Crippen LogP contribution < -0.4 is 5.32 Å². The SMILES string of the molecule is CCCc1ccc(-n2nncc2CNC(C)C)cc1. The summed E-state index contributed by atoms with van der Waals surface area (Å²) in [5, 5.41) is 11.6. The van der Waals surface area contributed by atoms with Crippen LogP contribution in [-0.2, 0) is 13.0 Å². The van der Waals surface area contributed by atoms with Crippen LogP contribution in [-0.4, -0.2) is 21.0 Å². The van der Waals surface area contributed by atoms with Gasteiger partial charge in [0.25, 0.3) is 0 Å². The first kappa shape index (κ1) is 13.7. The molecular formula is C15H22N4. The molecule has 19 heavy (non-hydrogen) atoms. The fourth-order valence-electron chi connectivity index (χ4n) is 2.00. The number of hydrogen-bond donors (Lipinski definition) is 1. The molecule has 1 heterocycles. The summed E-state index contributed by atoms with van der Waals surface area (Å²) in [7, 11) is 0. The molecule has 0 spiro atoms. The fourth-order valence-corrected chi connectivity index (χ4v) is 2.00. The van der Waals surface area contributed by atoms with E-state index in [1.165, 1.54) is 12.0 Å². The van der Waals surface area contributed by atoms with Crippen molar-refractivity contribution in [1.29, 1.82) is 0 Å². The van der Waals surface area contributed by atoms with E-state index >= 15 is 0 Å². The number of hydrogen-bond acceptors (Lipinski definition) is 3. The van der Waals surface area contributed by atoms with Crippen molar-refractivity contribution in [3.63, 3.8) is 0 Å². The Kier molecular flexibility index (Phi) is 4.68. The zero-order chi connectivity index (χ0) is 13.7. The van der Waals surface area contributed by atoms with Crippen molar-refractivity contribution in [3.8, 4) is 5.69 Å². The molecule has 0 unspecified atom stereocenters. The van der Waals surface area contributed by atoms with Crippen molar-refractivity contribution in [2.75, 3.05) is 0 Å². The zero-order valence-corrected chi connectivity index (χ0v) is 11.9. The van der Waals surface area contributed by atoms with Gasteiger partial charge in [0.15, 0.2) is 0 Å². The van der Waals surface area contributed by atoms with Crippen molar-refractivity contribution in [3.05, 3.63) is 41.7 Å². The number of nitrogens with zero attached hydrogens (tertiary/aromatic N) is 3. The summed E-state index contributed by atoms with van der Waals surface area (Å²) in [4.78, 5) is 0. The lowest BCUT2D eigenvalue weighted by molar-refractivity contribution is 0.570. The predicted molar refractivity (Wildman–Crippen MR) is 77.3 cm³/mol. The molecule has 0 aliphatic rings. The number of aromatic nitrogens is 3. The quantitative estimate of drug-likeness (QED) is 0.866. The first-order valence-electron chi connectivity index (χ1n) is 6.93. The number of benzene rings is 1. The average Bonchev–Trinajstić information content (AvgIpc) is 2.86. The van der Waals surface area contributed by atoms with Gasteiger partial charge in [-0.2, -0.15) is 0 Å². The summed E-state index contributed by atoms with van der Waals surface area (Å²) in [6.45, 7) is 7.24. The minimum atomic E-state index is 0.454. The van der Waals surface area contributed by atoms with Crippen LogP contribution in [0.5, 0.6) is 0 Å². The van der Waals surface area contributed by atoms with Gasteiger partial charge in [0.05, 0.1) is 17.6 Å². The molecule has 102 valence electrons. The first-order chi connectivity index (χ1) is 9.20. The molecule has 2 aromatic rings. The lowest BCUT2D eigenvalue weighted by Gasteiger charge is -2.10. The van der Waals surface area contributed by atoms with Gasteiger partial charge in [-0.15, -0.1) is 5.10 Å². The maximum Gasteiger partial charge on any atom is 0.0783 e. The molecule has 0 amide bonds. The zero-order valence-electron chi connectivity index (χ0n) is 11.9. The Balaban J connectivity index is 2.15. The summed E-state index contributed by atoms with van der Waals surface area (Å²) < 4.78 is 1.89. The third-order valence-electron chi connectivity index (χ3n) is 3.03. The first-order valence-corrected chi connectivity index (χ1v) is 6.93. The van der Waals surface area contributed by atoms with Gasteiger partial charge < -0.3 is 5.32 Å². The normalized spacial score (nSPS) is 11.2. The summed E-state index contributed by atoms with van der Waals surface area (Å²) in [5.41, 5.74) is 3.52. The highest BCUT2D eigenvalue weighted by atomic mass is 15.4. The Hall–Kier alpha value is -1.68. The van der Waals surface area contributed by atoms with E-state index in [4.69, 9.17) is 0 Å². The van der Waals surface area contributed by atoms with Gasteiger partial charge in [-0.3, -0.25) is 0 Å². The van der Waals surface area contributed by atoms with Gasteiger partial charge in [-0.05, 0) is 24.1 Å². The van der Waals surface area contributed by atoms with Crippen molar-refractivity contribution in [2.45, 2.75) is 46.2 Å². The van der Waals surface area contributed by atoms with Gasteiger partial charge >= 0.3 is 0 Å². The van der Waals surface area contributed by atoms with E-state index < -0.39 is 0 Å². The molecule has 1 N–H and O–H groups in total. The molecule has 0 bridgehead atoms. The average molecular weight is 258 g/mol. The Labute approximate surface area is 114 Å². The van der Waals surface area contributed by atoms with Gasteiger partial charge in [0, 0.05) is 12.6 Å². The molecular weight excluding hydrogens is 236 g/mol. The Morgan fingerprint density at radius 3 is 2.58 bits per heavy atom. The lowest BCUT2D eigenvalue weighted by Crippen LogP contribution is -2.23. The molecule has 1 aromatic heterocycles. The van der Waals surface area contributed by atoms with Gasteiger partial charge in [-0.25, -0.2) is 4.68 Å². The van der Waals surface area contributed by atoms with Gasteiger partial charge in [0.2, 0.25) is 0 Å². The molecule has 0 atom stereocenters. The largest absolute Gasteiger partial charge is 0.309 e. The van der Waals surface area contributed by atoms with E-state index in [0.29, 0.717) is 6.04 Å². The molecule has 0 aliphatic heterocycles. The molecule has 0 fully saturated rings. The Morgan fingerprint density at radius 1 is 1.21 bits per heavy atom. The van der Waals surface area contributed by atoms with Crippen molar-refractivity contribution in [1.82, 2.24) is 20.3 Å². The Bertz CT molecular complexity index is 499. The molecule has 4 heteroatoms. The van der Waals surface area contributed by atoms with Crippen LogP contribution in [0.1, 0.15) is 38.4 Å². The standard InChI is InChI=1S/C15H22N4/c1-4-5-13-6-8-14(9-7-13)19-15(11-17-18-19)10-16-12(2)3/h6-9,11-12,16H,4-5,10H2,1-3H3. The third kappa shape index (κ3) is 3.64. The highest BCUT2D eigenvalue weighted by Gasteiger charge is 2.06. The maximum atomic E-state index is 4.17. The molecule has 1 aromatic carbocycles. The van der Waals surface area contributed by atoms with E-state index in [2.05, 4.69) is 60.7 Å². The second kappa shape index (κ2) is 6.48. The van der Waals surface area contributed by atoms with Crippen LogP contribution in [0.4, 0.5) is 0 Å². The maximum absolute atomic E-state index is 4.17. The van der Waals surface area contributed by atoms with E-state index in [9.17, 15) is 0 Å². The van der Waals surface area contributed by atoms with Crippen molar-refractivity contribution in [2.24, 2.45) is 0 Å². The molecule has 2 rings (SSSR count). The molecule has 0 saturated carbocycles. The van der Waals surface area contributed by atoms with Crippen LogP contribution in [0.2, 0.25) is 0 Å². The van der Waals surface area contributed by atoms with E-state index in [0.717, 1.165) is 24.3 Å². The van der Waals surface area contributed by atoms with Crippen LogP contribution in [0, 0.1) is 0 Å². The topological polar surface area (TPSA) is 42.7 Å². The van der Waals surface area contributed by atoms with Crippen molar-refractivity contribution < 1.29 is 0 Å².